The molecule has 0 spiro atoms. The van der Waals surface area contributed by atoms with Crippen LogP contribution in [0.4, 0.5) is 0 Å². The largest absolute Gasteiger partial charge is 0.103 e. The SMILES string of the molecule is C=CCC1CC(C(CCCC)(CCCC)C2CC(CC=C)C3C=CC=CC32)C2C=CC=CC12. The summed E-state index contributed by atoms with van der Waals surface area (Å²) in [5.74, 6) is 6.00. The fourth-order valence-corrected chi connectivity index (χ4v) is 8.64. The van der Waals surface area contributed by atoms with E-state index in [0.29, 0.717) is 29.1 Å². The molecule has 0 saturated heterocycles. The summed E-state index contributed by atoms with van der Waals surface area (Å²) in [6.45, 7) is 13.1. The first kappa shape index (κ1) is 24.6. The Morgan fingerprint density at radius 3 is 1.42 bits per heavy atom. The van der Waals surface area contributed by atoms with E-state index in [2.05, 4.69) is 87.8 Å². The molecule has 33 heavy (non-hydrogen) atoms. The van der Waals surface area contributed by atoms with Gasteiger partial charge in [0.05, 0.1) is 0 Å². The van der Waals surface area contributed by atoms with Gasteiger partial charge < -0.3 is 0 Å². The van der Waals surface area contributed by atoms with Gasteiger partial charge in [0.2, 0.25) is 0 Å². The molecule has 0 radical (unpaired) electrons. The first-order valence-electron chi connectivity index (χ1n) is 14.1. The molecule has 0 heteroatoms. The van der Waals surface area contributed by atoms with Gasteiger partial charge in [0.1, 0.15) is 0 Å². The molecule has 0 bridgehead atoms. The number of hydrogen-bond acceptors (Lipinski definition) is 0. The topological polar surface area (TPSA) is 0 Å². The molecule has 0 aromatic heterocycles. The van der Waals surface area contributed by atoms with Crippen molar-refractivity contribution >= 4 is 0 Å². The van der Waals surface area contributed by atoms with E-state index < -0.39 is 0 Å². The van der Waals surface area contributed by atoms with Crippen molar-refractivity contribution in [1.29, 1.82) is 0 Å². The molecular formula is C33H48. The quantitative estimate of drug-likeness (QED) is 0.263. The van der Waals surface area contributed by atoms with E-state index in [4.69, 9.17) is 0 Å². The van der Waals surface area contributed by atoms with E-state index in [9.17, 15) is 0 Å². The highest BCUT2D eigenvalue weighted by Crippen LogP contribution is 2.64. The van der Waals surface area contributed by atoms with Crippen molar-refractivity contribution in [3.8, 4) is 0 Å². The molecule has 2 fully saturated rings. The van der Waals surface area contributed by atoms with Crippen molar-refractivity contribution in [3.63, 3.8) is 0 Å². The minimum atomic E-state index is 0.453. The molecule has 0 heterocycles. The zero-order chi connectivity index (χ0) is 23.3. The molecule has 0 N–H and O–H groups in total. The molecule has 180 valence electrons. The van der Waals surface area contributed by atoms with Crippen LogP contribution in [-0.2, 0) is 0 Å². The Hall–Kier alpha value is -1.56. The summed E-state index contributed by atoms with van der Waals surface area (Å²) in [6.07, 6.45) is 37.4. The number of rotatable bonds is 12. The minimum absolute atomic E-state index is 0.453. The molecule has 8 atom stereocenters. The maximum Gasteiger partial charge on any atom is -0.0131 e. The summed E-state index contributed by atoms with van der Waals surface area (Å²) in [6, 6.07) is 0. The number of hydrogen-bond donors (Lipinski definition) is 0. The highest BCUT2D eigenvalue weighted by atomic mass is 14.6. The van der Waals surface area contributed by atoms with Crippen molar-refractivity contribution in [2.45, 2.75) is 78.1 Å². The van der Waals surface area contributed by atoms with E-state index in [1.807, 2.05) is 0 Å². The fraction of sp³-hybridized carbons (Fsp3) is 0.636. The van der Waals surface area contributed by atoms with E-state index in [1.165, 1.54) is 64.2 Å². The lowest BCUT2D eigenvalue weighted by Gasteiger charge is -2.49. The van der Waals surface area contributed by atoms with Crippen LogP contribution < -0.4 is 0 Å². The molecule has 0 aromatic rings. The molecule has 4 rings (SSSR count). The van der Waals surface area contributed by atoms with Gasteiger partial charge in [-0.2, -0.15) is 0 Å². The molecule has 4 aliphatic rings. The molecular weight excluding hydrogens is 396 g/mol. The lowest BCUT2D eigenvalue weighted by molar-refractivity contribution is 0.00991. The molecule has 0 aromatic carbocycles. The zero-order valence-corrected chi connectivity index (χ0v) is 21.4. The summed E-state index contributed by atoms with van der Waals surface area (Å²) >= 11 is 0. The van der Waals surface area contributed by atoms with Gasteiger partial charge in [0.25, 0.3) is 0 Å². The third-order valence-electron chi connectivity index (χ3n) is 9.98. The maximum atomic E-state index is 4.14. The van der Waals surface area contributed by atoms with Gasteiger partial charge in [0, 0.05) is 0 Å². The third-order valence-corrected chi connectivity index (χ3v) is 9.98. The number of allylic oxidation sites excluding steroid dienone is 10. The van der Waals surface area contributed by atoms with E-state index in [-0.39, 0.29) is 0 Å². The van der Waals surface area contributed by atoms with E-state index in [1.54, 1.807) is 0 Å². The van der Waals surface area contributed by atoms with Gasteiger partial charge in [-0.3, -0.25) is 0 Å². The van der Waals surface area contributed by atoms with Crippen molar-refractivity contribution in [2.24, 2.45) is 52.8 Å². The Morgan fingerprint density at radius 1 is 0.667 bits per heavy atom. The lowest BCUT2D eigenvalue weighted by atomic mass is 9.55. The zero-order valence-electron chi connectivity index (χ0n) is 21.4. The van der Waals surface area contributed by atoms with E-state index in [0.717, 1.165) is 23.7 Å². The van der Waals surface area contributed by atoms with Gasteiger partial charge >= 0.3 is 0 Å². The van der Waals surface area contributed by atoms with Crippen LogP contribution in [0, 0.1) is 52.8 Å². The molecule has 8 unspecified atom stereocenters. The predicted molar refractivity (Wildman–Crippen MR) is 145 cm³/mol. The van der Waals surface area contributed by atoms with Crippen LogP contribution >= 0.6 is 0 Å². The average Bonchev–Trinajstić information content (AvgIpc) is 3.40. The molecule has 0 amide bonds. The molecule has 0 aliphatic heterocycles. The van der Waals surface area contributed by atoms with Crippen LogP contribution in [0.5, 0.6) is 0 Å². The Kier molecular flexibility index (Phi) is 8.37. The minimum Gasteiger partial charge on any atom is -0.103 e. The first-order valence-corrected chi connectivity index (χ1v) is 14.1. The average molecular weight is 445 g/mol. The Labute approximate surface area is 204 Å². The van der Waals surface area contributed by atoms with Crippen molar-refractivity contribution < 1.29 is 0 Å². The Bertz CT molecular complexity index is 710. The number of fused-ring (bicyclic) bond motifs is 2. The smallest absolute Gasteiger partial charge is 0.0131 e. The molecule has 2 saturated carbocycles. The van der Waals surface area contributed by atoms with Gasteiger partial charge in [-0.1, -0.05) is 100 Å². The fourth-order valence-electron chi connectivity index (χ4n) is 8.64. The standard InChI is InChI=1S/C33H48/c1-5-9-21-33(22-10-6-2,31-23-25(15-7-3)27-17-11-13-19-29(27)31)32-24-26(16-8-4)28-18-12-14-20-30(28)32/h7-8,11-14,17-20,25-32H,3-6,9-10,15-16,21-24H2,1-2H3. The van der Waals surface area contributed by atoms with Crippen LogP contribution in [0.1, 0.15) is 78.1 Å². The summed E-state index contributed by atoms with van der Waals surface area (Å²) < 4.78 is 0. The van der Waals surface area contributed by atoms with Crippen LogP contribution in [0.25, 0.3) is 0 Å². The third kappa shape index (κ3) is 4.69. The summed E-state index contributed by atoms with van der Waals surface area (Å²) in [5.41, 5.74) is 0.453. The Balaban J connectivity index is 1.76. The highest BCUT2D eigenvalue weighted by Gasteiger charge is 2.57. The predicted octanol–water partition coefficient (Wildman–Crippen LogP) is 9.49. The highest BCUT2D eigenvalue weighted by molar-refractivity contribution is 5.25. The van der Waals surface area contributed by atoms with Crippen LogP contribution in [0.3, 0.4) is 0 Å². The molecule has 0 nitrogen and oxygen atoms in total. The number of unbranched alkanes of at least 4 members (excludes halogenated alkanes) is 2. The second kappa shape index (κ2) is 11.2. The van der Waals surface area contributed by atoms with Crippen molar-refractivity contribution in [1.82, 2.24) is 0 Å². The second-order valence-electron chi connectivity index (χ2n) is 11.5. The van der Waals surface area contributed by atoms with Gasteiger partial charge in [-0.25, -0.2) is 0 Å². The molecule has 4 aliphatic carbocycles. The summed E-state index contributed by atoms with van der Waals surface area (Å²) in [4.78, 5) is 0. The summed E-state index contributed by atoms with van der Waals surface area (Å²) in [7, 11) is 0. The van der Waals surface area contributed by atoms with Crippen LogP contribution in [0.15, 0.2) is 73.9 Å². The lowest BCUT2D eigenvalue weighted by Crippen LogP contribution is -2.42. The van der Waals surface area contributed by atoms with Crippen LogP contribution in [0.2, 0.25) is 0 Å². The van der Waals surface area contributed by atoms with E-state index >= 15 is 0 Å². The Morgan fingerprint density at radius 2 is 1.06 bits per heavy atom. The maximum absolute atomic E-state index is 4.14. The monoisotopic (exact) mass is 444 g/mol. The van der Waals surface area contributed by atoms with Crippen molar-refractivity contribution in [3.05, 3.63) is 73.9 Å². The normalized spacial score (nSPS) is 36.7. The van der Waals surface area contributed by atoms with Gasteiger partial charge in [-0.15, -0.1) is 13.2 Å². The van der Waals surface area contributed by atoms with Gasteiger partial charge in [-0.05, 0) is 91.3 Å². The first-order chi connectivity index (χ1) is 16.2. The van der Waals surface area contributed by atoms with Crippen molar-refractivity contribution in [2.75, 3.05) is 0 Å². The summed E-state index contributed by atoms with van der Waals surface area (Å²) in [5, 5.41) is 0. The van der Waals surface area contributed by atoms with Crippen LogP contribution in [-0.4, -0.2) is 0 Å². The van der Waals surface area contributed by atoms with Gasteiger partial charge in [0.15, 0.2) is 0 Å². The second-order valence-corrected chi connectivity index (χ2v) is 11.5.